The minimum atomic E-state index is -0.0653. The van der Waals surface area contributed by atoms with Gasteiger partial charge in [-0.15, -0.1) is 12.4 Å². The van der Waals surface area contributed by atoms with Crippen molar-refractivity contribution in [3.8, 4) is 0 Å². The molecule has 6 heteroatoms. The Morgan fingerprint density at radius 1 is 1.60 bits per heavy atom. The van der Waals surface area contributed by atoms with Crippen LogP contribution in [0.4, 0.5) is 0 Å². The standard InChI is InChI=1S/C4H10N4O.ClH/c5-7-1-4(2-9)8(6)3-7;/h1,9H,2-3,5-6H2;1H. The number of aliphatic hydroxyl groups is 1. The van der Waals surface area contributed by atoms with E-state index in [-0.39, 0.29) is 19.0 Å². The summed E-state index contributed by atoms with van der Waals surface area (Å²) < 4.78 is 0. The quantitative estimate of drug-likeness (QED) is 0.416. The molecule has 0 saturated heterocycles. The van der Waals surface area contributed by atoms with Gasteiger partial charge in [-0.25, -0.2) is 11.7 Å². The van der Waals surface area contributed by atoms with Gasteiger partial charge in [0.2, 0.25) is 0 Å². The van der Waals surface area contributed by atoms with Gasteiger partial charge in [0.25, 0.3) is 0 Å². The Balaban J connectivity index is 0.000000810. The highest BCUT2D eigenvalue weighted by Crippen LogP contribution is 2.05. The zero-order valence-corrected chi connectivity index (χ0v) is 6.21. The van der Waals surface area contributed by atoms with Crippen molar-refractivity contribution in [2.45, 2.75) is 0 Å². The van der Waals surface area contributed by atoms with Crippen molar-refractivity contribution in [1.82, 2.24) is 10.0 Å². The molecule has 0 aromatic heterocycles. The maximum absolute atomic E-state index is 8.58. The molecule has 0 aromatic rings. The zero-order valence-electron chi connectivity index (χ0n) is 5.40. The molecule has 5 N–H and O–H groups in total. The van der Waals surface area contributed by atoms with Crippen LogP contribution in [0.2, 0.25) is 0 Å². The molecule has 0 amide bonds. The first kappa shape index (κ1) is 9.51. The summed E-state index contributed by atoms with van der Waals surface area (Å²) in [4.78, 5) is 0. The molecule has 0 radical (unpaired) electrons. The first-order valence-electron chi connectivity index (χ1n) is 2.59. The molecule has 10 heavy (non-hydrogen) atoms. The number of halogens is 1. The van der Waals surface area contributed by atoms with Crippen LogP contribution in [0.5, 0.6) is 0 Å². The summed E-state index contributed by atoms with van der Waals surface area (Å²) in [5.41, 5.74) is 0.637. The summed E-state index contributed by atoms with van der Waals surface area (Å²) in [6, 6.07) is 0. The first-order valence-corrected chi connectivity index (χ1v) is 2.59. The number of hydrogen-bond donors (Lipinski definition) is 3. The highest BCUT2D eigenvalue weighted by molar-refractivity contribution is 5.85. The summed E-state index contributed by atoms with van der Waals surface area (Å²) >= 11 is 0. The summed E-state index contributed by atoms with van der Waals surface area (Å²) in [7, 11) is 0. The van der Waals surface area contributed by atoms with Crippen molar-refractivity contribution in [3.63, 3.8) is 0 Å². The van der Waals surface area contributed by atoms with E-state index in [2.05, 4.69) is 0 Å². The molecule has 0 saturated carbocycles. The minimum Gasteiger partial charge on any atom is -0.390 e. The van der Waals surface area contributed by atoms with E-state index in [0.29, 0.717) is 12.4 Å². The number of nitrogens with two attached hydrogens (primary N) is 2. The van der Waals surface area contributed by atoms with Gasteiger partial charge < -0.3 is 5.11 Å². The molecule has 0 aromatic carbocycles. The Hall–Kier alpha value is -0.490. The highest BCUT2D eigenvalue weighted by atomic mass is 35.5. The third kappa shape index (κ3) is 1.74. The van der Waals surface area contributed by atoms with Crippen molar-refractivity contribution >= 4 is 12.4 Å². The van der Waals surface area contributed by atoms with Gasteiger partial charge >= 0.3 is 0 Å². The molecule has 60 valence electrons. The Bertz CT molecular complexity index is 139. The van der Waals surface area contributed by atoms with Crippen LogP contribution >= 0.6 is 12.4 Å². The van der Waals surface area contributed by atoms with Crippen molar-refractivity contribution in [3.05, 3.63) is 11.9 Å². The van der Waals surface area contributed by atoms with Crippen LogP contribution in [-0.4, -0.2) is 28.4 Å². The SMILES string of the molecule is Cl.NN1C=C(CO)N(N)C1. The van der Waals surface area contributed by atoms with Gasteiger partial charge in [-0.1, -0.05) is 0 Å². The van der Waals surface area contributed by atoms with Crippen LogP contribution in [0.1, 0.15) is 0 Å². The highest BCUT2D eigenvalue weighted by Gasteiger charge is 2.13. The van der Waals surface area contributed by atoms with Crippen LogP contribution in [-0.2, 0) is 0 Å². The second kappa shape index (κ2) is 3.62. The third-order valence-corrected chi connectivity index (χ3v) is 1.16. The maximum atomic E-state index is 8.58. The molecule has 0 atom stereocenters. The number of aliphatic hydroxyl groups excluding tert-OH is 1. The van der Waals surface area contributed by atoms with Crippen LogP contribution in [0.25, 0.3) is 0 Å². The van der Waals surface area contributed by atoms with E-state index < -0.39 is 0 Å². The number of hydrazine groups is 2. The predicted octanol–water partition coefficient (Wildman–Crippen LogP) is -1.44. The topological polar surface area (TPSA) is 78.8 Å². The van der Waals surface area contributed by atoms with E-state index in [1.807, 2.05) is 0 Å². The molecule has 5 nitrogen and oxygen atoms in total. The van der Waals surface area contributed by atoms with Gasteiger partial charge in [0.05, 0.1) is 12.3 Å². The van der Waals surface area contributed by atoms with Crippen molar-refractivity contribution in [2.75, 3.05) is 13.3 Å². The average Bonchev–Trinajstić information content (AvgIpc) is 2.10. The van der Waals surface area contributed by atoms with Gasteiger partial charge in [-0.2, -0.15) is 0 Å². The van der Waals surface area contributed by atoms with E-state index in [0.717, 1.165) is 0 Å². The predicted molar refractivity (Wildman–Crippen MR) is 39.3 cm³/mol. The lowest BCUT2D eigenvalue weighted by molar-refractivity contribution is 0.230. The molecular weight excluding hydrogens is 156 g/mol. The van der Waals surface area contributed by atoms with Crippen LogP contribution in [0.15, 0.2) is 11.9 Å². The molecule has 0 aliphatic carbocycles. The largest absolute Gasteiger partial charge is 0.390 e. The van der Waals surface area contributed by atoms with Crippen LogP contribution < -0.4 is 11.7 Å². The third-order valence-electron chi connectivity index (χ3n) is 1.16. The molecule has 1 aliphatic rings. The molecule has 1 aliphatic heterocycles. The van der Waals surface area contributed by atoms with Crippen LogP contribution in [0, 0.1) is 0 Å². The number of hydrogen-bond acceptors (Lipinski definition) is 5. The van der Waals surface area contributed by atoms with Gasteiger partial charge in [-0.3, -0.25) is 10.0 Å². The molecule has 1 heterocycles. The van der Waals surface area contributed by atoms with E-state index in [9.17, 15) is 0 Å². The molecular formula is C4H11ClN4O. The fourth-order valence-corrected chi connectivity index (χ4v) is 0.705. The van der Waals surface area contributed by atoms with E-state index in [4.69, 9.17) is 16.8 Å². The van der Waals surface area contributed by atoms with Crippen LogP contribution in [0.3, 0.4) is 0 Å². The molecule has 0 spiro atoms. The average molecular weight is 167 g/mol. The summed E-state index contributed by atoms with van der Waals surface area (Å²) in [6.45, 7) is 0.375. The molecule has 0 bridgehead atoms. The fourth-order valence-electron chi connectivity index (χ4n) is 0.705. The van der Waals surface area contributed by atoms with Crippen molar-refractivity contribution < 1.29 is 5.11 Å². The van der Waals surface area contributed by atoms with Gasteiger partial charge in [0, 0.05) is 6.20 Å². The summed E-state index contributed by atoms with van der Waals surface area (Å²) in [5, 5.41) is 11.4. The Morgan fingerprint density at radius 2 is 2.20 bits per heavy atom. The lowest BCUT2D eigenvalue weighted by Crippen LogP contribution is -2.35. The Kier molecular flexibility index (Phi) is 3.45. The normalized spacial score (nSPS) is 16.9. The first-order chi connectivity index (χ1) is 4.24. The Labute approximate surface area is 65.2 Å². The fraction of sp³-hybridized carbons (Fsp3) is 0.500. The summed E-state index contributed by atoms with van der Waals surface area (Å²) in [5.74, 6) is 10.7. The monoisotopic (exact) mass is 166 g/mol. The minimum absolute atomic E-state index is 0. The van der Waals surface area contributed by atoms with Gasteiger partial charge in [-0.05, 0) is 0 Å². The molecule has 0 fully saturated rings. The zero-order chi connectivity index (χ0) is 6.85. The van der Waals surface area contributed by atoms with Gasteiger partial charge in [0.15, 0.2) is 0 Å². The van der Waals surface area contributed by atoms with E-state index in [1.54, 1.807) is 6.20 Å². The summed E-state index contributed by atoms with van der Waals surface area (Å²) in [6.07, 6.45) is 1.60. The number of nitrogens with zero attached hydrogens (tertiary/aromatic N) is 2. The second-order valence-corrected chi connectivity index (χ2v) is 1.90. The molecule has 0 unspecified atom stereocenters. The lowest BCUT2D eigenvalue weighted by atomic mass is 10.5. The Morgan fingerprint density at radius 3 is 2.40 bits per heavy atom. The van der Waals surface area contributed by atoms with Crippen molar-refractivity contribution in [2.24, 2.45) is 11.7 Å². The maximum Gasteiger partial charge on any atom is 0.119 e. The number of rotatable bonds is 1. The van der Waals surface area contributed by atoms with E-state index >= 15 is 0 Å². The van der Waals surface area contributed by atoms with E-state index in [1.165, 1.54) is 10.0 Å². The van der Waals surface area contributed by atoms with Crippen molar-refractivity contribution in [1.29, 1.82) is 0 Å². The smallest absolute Gasteiger partial charge is 0.119 e. The van der Waals surface area contributed by atoms with Gasteiger partial charge in [0.1, 0.15) is 6.67 Å². The lowest BCUT2D eigenvalue weighted by Gasteiger charge is -2.13. The second-order valence-electron chi connectivity index (χ2n) is 1.90. The molecule has 1 rings (SSSR count).